The van der Waals surface area contributed by atoms with Crippen LogP contribution in [0.25, 0.3) is 21.4 Å². The van der Waals surface area contributed by atoms with Gasteiger partial charge in [-0.15, -0.1) is 0 Å². The Balaban J connectivity index is 1.63. The number of rotatable bonds is 4. The molecule has 0 spiro atoms. The summed E-state index contributed by atoms with van der Waals surface area (Å²) in [5.41, 5.74) is 2.41. The van der Waals surface area contributed by atoms with Crippen molar-refractivity contribution in [3.63, 3.8) is 0 Å². The van der Waals surface area contributed by atoms with Crippen molar-refractivity contribution in [2.75, 3.05) is 18.9 Å². The van der Waals surface area contributed by atoms with E-state index in [4.69, 9.17) is 0 Å². The van der Waals surface area contributed by atoms with Crippen LogP contribution in [-0.4, -0.2) is 39.0 Å². The molecule has 1 aliphatic rings. The van der Waals surface area contributed by atoms with Crippen molar-refractivity contribution >= 4 is 44.4 Å². The summed E-state index contributed by atoms with van der Waals surface area (Å²) in [6, 6.07) is 0. The molecule has 0 unspecified atom stereocenters. The zero-order valence-electron chi connectivity index (χ0n) is 14.5. The maximum atomic E-state index is 12.5. The number of carbonyl (C=O) groups is 1. The molecular weight excluding hydrogens is 336 g/mol. The number of nitrogens with one attached hydrogen (secondary N) is 2. The number of aryl methyl sites for hydroxylation is 1. The van der Waals surface area contributed by atoms with Gasteiger partial charge in [-0.25, -0.2) is 15.0 Å². The fraction of sp³-hybridized carbons (Fsp3) is 0.529. The smallest absolute Gasteiger partial charge is 0.280 e. The van der Waals surface area contributed by atoms with E-state index in [0.29, 0.717) is 16.7 Å². The van der Waals surface area contributed by atoms with E-state index < -0.39 is 0 Å². The van der Waals surface area contributed by atoms with E-state index in [1.807, 2.05) is 18.7 Å². The fourth-order valence-electron chi connectivity index (χ4n) is 3.55. The third-order valence-electron chi connectivity index (χ3n) is 4.92. The fourth-order valence-corrected chi connectivity index (χ4v) is 4.42. The number of imidazole rings is 1. The second-order valence-corrected chi connectivity index (χ2v) is 7.63. The van der Waals surface area contributed by atoms with Crippen LogP contribution in [0.3, 0.4) is 0 Å². The lowest BCUT2D eigenvalue weighted by atomic mass is 9.89. The molecule has 1 amide bonds. The molecule has 3 heterocycles. The summed E-state index contributed by atoms with van der Waals surface area (Å²) in [5, 5.41) is 6.60. The molecule has 1 aliphatic carbocycles. The quantitative estimate of drug-likeness (QED) is 0.749. The maximum absolute atomic E-state index is 12.5. The van der Waals surface area contributed by atoms with E-state index in [1.54, 1.807) is 6.33 Å². The van der Waals surface area contributed by atoms with Gasteiger partial charge in [0.05, 0.1) is 6.33 Å². The number of pyridine rings is 1. The highest BCUT2D eigenvalue weighted by atomic mass is 32.1. The highest BCUT2D eigenvalue weighted by molar-refractivity contribution is 7.20. The molecule has 7 nitrogen and oxygen atoms in total. The highest BCUT2D eigenvalue weighted by Crippen LogP contribution is 2.31. The van der Waals surface area contributed by atoms with Gasteiger partial charge in [0, 0.05) is 20.6 Å². The zero-order valence-corrected chi connectivity index (χ0v) is 15.3. The van der Waals surface area contributed by atoms with Crippen LogP contribution in [0.5, 0.6) is 0 Å². The van der Waals surface area contributed by atoms with Gasteiger partial charge in [-0.2, -0.15) is 0 Å². The minimum absolute atomic E-state index is 0.102. The molecule has 3 aromatic heterocycles. The maximum Gasteiger partial charge on any atom is 0.280 e. The lowest BCUT2D eigenvalue weighted by Crippen LogP contribution is -2.30. The van der Waals surface area contributed by atoms with Crippen LogP contribution >= 0.6 is 11.3 Å². The first-order valence-electron chi connectivity index (χ1n) is 8.75. The minimum atomic E-state index is -0.102. The van der Waals surface area contributed by atoms with E-state index in [1.165, 1.54) is 43.4 Å². The average molecular weight is 358 g/mol. The number of nitrogens with zero attached hydrogens (tertiary/aromatic N) is 4. The van der Waals surface area contributed by atoms with Gasteiger partial charge in [-0.3, -0.25) is 4.79 Å². The van der Waals surface area contributed by atoms with Crippen molar-refractivity contribution in [1.29, 1.82) is 0 Å². The Bertz CT molecular complexity index is 924. The van der Waals surface area contributed by atoms with Crippen LogP contribution < -0.4 is 10.6 Å². The second-order valence-electron chi connectivity index (χ2n) is 6.65. The van der Waals surface area contributed by atoms with Gasteiger partial charge < -0.3 is 15.2 Å². The van der Waals surface area contributed by atoms with Gasteiger partial charge in [0.1, 0.15) is 21.4 Å². The first kappa shape index (κ1) is 16.3. The van der Waals surface area contributed by atoms with Crippen molar-refractivity contribution < 1.29 is 4.79 Å². The van der Waals surface area contributed by atoms with Gasteiger partial charge in [0.15, 0.2) is 10.8 Å². The summed E-state index contributed by atoms with van der Waals surface area (Å²) >= 11 is 1.33. The molecular formula is C17H22N6OS. The summed E-state index contributed by atoms with van der Waals surface area (Å²) in [6.45, 7) is 0.741. The Labute approximate surface area is 149 Å². The lowest BCUT2D eigenvalue weighted by molar-refractivity contribution is 0.0943. The number of hydrogen-bond acceptors (Lipinski definition) is 6. The van der Waals surface area contributed by atoms with Gasteiger partial charge in [0.2, 0.25) is 0 Å². The van der Waals surface area contributed by atoms with Crippen LogP contribution in [0, 0.1) is 5.92 Å². The highest BCUT2D eigenvalue weighted by Gasteiger charge is 2.20. The molecule has 0 aromatic carbocycles. The van der Waals surface area contributed by atoms with E-state index in [0.717, 1.165) is 27.9 Å². The molecule has 1 fully saturated rings. The standard InChI is InChI=1S/C17H22N6OS/c1-18-14-11-13(23(2)9-20-11)12-16(22-14)25-17(21-12)15(24)19-8-10-6-4-3-5-7-10/h9-10H,3-8H2,1-2H3,(H,18,22)(H,19,24). The Morgan fingerprint density at radius 2 is 2.08 bits per heavy atom. The van der Waals surface area contributed by atoms with Crippen molar-refractivity contribution in [2.45, 2.75) is 32.1 Å². The molecule has 0 bridgehead atoms. The molecule has 25 heavy (non-hydrogen) atoms. The summed E-state index contributed by atoms with van der Waals surface area (Å²) in [7, 11) is 3.75. The SMILES string of the molecule is CNc1nc2sc(C(=O)NCC3CCCCC3)nc2c2c1ncn2C. The summed E-state index contributed by atoms with van der Waals surface area (Å²) in [4.78, 5) is 26.8. The first-order valence-corrected chi connectivity index (χ1v) is 9.56. The number of aromatic nitrogens is 4. The van der Waals surface area contributed by atoms with Gasteiger partial charge in [0.25, 0.3) is 5.91 Å². The number of fused-ring (bicyclic) bond motifs is 3. The molecule has 0 radical (unpaired) electrons. The van der Waals surface area contributed by atoms with Crippen LogP contribution in [-0.2, 0) is 7.05 Å². The van der Waals surface area contributed by atoms with Crippen LogP contribution in [0.4, 0.5) is 5.82 Å². The molecule has 132 valence electrons. The first-order chi connectivity index (χ1) is 12.2. The predicted molar refractivity (Wildman–Crippen MR) is 100 cm³/mol. The number of hydrogen-bond donors (Lipinski definition) is 2. The molecule has 0 saturated heterocycles. The number of anilines is 1. The molecule has 3 aromatic rings. The van der Waals surface area contributed by atoms with Crippen molar-refractivity contribution in [1.82, 2.24) is 24.8 Å². The molecule has 4 rings (SSSR count). The topological polar surface area (TPSA) is 84.7 Å². The molecule has 1 saturated carbocycles. The average Bonchev–Trinajstić information content (AvgIpc) is 3.23. The van der Waals surface area contributed by atoms with Crippen LogP contribution in [0.2, 0.25) is 0 Å². The third-order valence-corrected chi connectivity index (χ3v) is 5.86. The lowest BCUT2D eigenvalue weighted by Gasteiger charge is -2.21. The molecule has 0 atom stereocenters. The van der Waals surface area contributed by atoms with Crippen molar-refractivity contribution in [3.8, 4) is 0 Å². The Morgan fingerprint density at radius 3 is 2.84 bits per heavy atom. The Morgan fingerprint density at radius 1 is 1.28 bits per heavy atom. The molecule has 0 aliphatic heterocycles. The Hall–Kier alpha value is -2.22. The minimum Gasteiger partial charge on any atom is -0.371 e. The number of thiazole rings is 1. The number of amides is 1. The van der Waals surface area contributed by atoms with Gasteiger partial charge in [-0.05, 0) is 18.8 Å². The normalized spacial score (nSPS) is 15.8. The second kappa shape index (κ2) is 6.59. The summed E-state index contributed by atoms with van der Waals surface area (Å²) in [6.07, 6.45) is 8.04. The predicted octanol–water partition coefficient (Wildman–Crippen LogP) is 2.93. The van der Waals surface area contributed by atoms with E-state index >= 15 is 0 Å². The van der Waals surface area contributed by atoms with E-state index in [-0.39, 0.29) is 5.91 Å². The molecule has 8 heteroatoms. The summed E-state index contributed by atoms with van der Waals surface area (Å²) < 4.78 is 1.92. The van der Waals surface area contributed by atoms with E-state index in [2.05, 4.69) is 25.6 Å². The number of carbonyl (C=O) groups excluding carboxylic acids is 1. The van der Waals surface area contributed by atoms with E-state index in [9.17, 15) is 4.79 Å². The Kier molecular flexibility index (Phi) is 4.29. The monoisotopic (exact) mass is 358 g/mol. The van der Waals surface area contributed by atoms with Gasteiger partial charge in [-0.1, -0.05) is 30.6 Å². The molecule has 2 N–H and O–H groups in total. The zero-order chi connectivity index (χ0) is 17.4. The van der Waals surface area contributed by atoms with Crippen molar-refractivity contribution in [3.05, 3.63) is 11.3 Å². The summed E-state index contributed by atoms with van der Waals surface area (Å²) in [5.74, 6) is 1.21. The van der Waals surface area contributed by atoms with Crippen LogP contribution in [0.1, 0.15) is 41.9 Å². The van der Waals surface area contributed by atoms with Crippen LogP contribution in [0.15, 0.2) is 6.33 Å². The van der Waals surface area contributed by atoms with Gasteiger partial charge >= 0.3 is 0 Å². The largest absolute Gasteiger partial charge is 0.371 e. The third kappa shape index (κ3) is 2.95. The van der Waals surface area contributed by atoms with Crippen molar-refractivity contribution in [2.24, 2.45) is 13.0 Å².